The molecular formula is C16H14ClN5O2. The highest BCUT2D eigenvalue weighted by Crippen LogP contribution is 2.26. The second-order valence-corrected chi connectivity index (χ2v) is 5.48. The van der Waals surface area contributed by atoms with Crippen LogP contribution in [0.25, 0.3) is 10.8 Å². The molecule has 0 saturated heterocycles. The minimum Gasteiger partial charge on any atom is -0.350 e. The molecule has 0 aliphatic carbocycles. The summed E-state index contributed by atoms with van der Waals surface area (Å²) in [5.41, 5.74) is 8.53. The zero-order chi connectivity index (χ0) is 17.3. The van der Waals surface area contributed by atoms with Gasteiger partial charge in [-0.05, 0) is 11.5 Å². The van der Waals surface area contributed by atoms with Crippen LogP contribution < -0.4 is 16.2 Å². The van der Waals surface area contributed by atoms with E-state index in [-0.39, 0.29) is 10.7 Å². The highest BCUT2D eigenvalue weighted by atomic mass is 35.5. The summed E-state index contributed by atoms with van der Waals surface area (Å²) in [5.74, 6) is -0.591. The molecule has 3 amide bonds. The van der Waals surface area contributed by atoms with Gasteiger partial charge in [-0.2, -0.15) is 5.10 Å². The Morgan fingerprint density at radius 1 is 1.21 bits per heavy atom. The second kappa shape index (κ2) is 6.21. The molecular weight excluding hydrogens is 330 g/mol. The number of nitrogens with one attached hydrogen (secondary N) is 1. The quantitative estimate of drug-likeness (QED) is 0.700. The molecule has 24 heavy (non-hydrogen) atoms. The third kappa shape index (κ3) is 2.77. The van der Waals surface area contributed by atoms with Gasteiger partial charge < -0.3 is 5.73 Å². The van der Waals surface area contributed by atoms with Gasteiger partial charge in [-0.25, -0.2) is 9.80 Å². The second-order valence-electron chi connectivity index (χ2n) is 5.08. The van der Waals surface area contributed by atoms with E-state index in [1.54, 1.807) is 19.2 Å². The fraction of sp³-hybridized carbons (Fsp3) is 0.0625. The molecule has 1 aromatic heterocycles. The first kappa shape index (κ1) is 15.8. The molecule has 3 aromatic rings. The largest absolute Gasteiger partial charge is 0.350 e. The maximum absolute atomic E-state index is 12.5. The predicted octanol–water partition coefficient (Wildman–Crippen LogP) is 2.46. The van der Waals surface area contributed by atoms with Gasteiger partial charge in [-0.15, -0.1) is 0 Å². The molecule has 0 bridgehead atoms. The number of nitrogens with two attached hydrogens (primary N) is 1. The molecule has 0 saturated carbocycles. The van der Waals surface area contributed by atoms with Crippen LogP contribution in [-0.4, -0.2) is 21.7 Å². The maximum atomic E-state index is 12.5. The van der Waals surface area contributed by atoms with Gasteiger partial charge in [0.2, 0.25) is 0 Å². The topological polar surface area (TPSA) is 93.2 Å². The van der Waals surface area contributed by atoms with E-state index in [1.165, 1.54) is 10.9 Å². The Morgan fingerprint density at radius 3 is 2.58 bits per heavy atom. The predicted molar refractivity (Wildman–Crippen MR) is 91.7 cm³/mol. The lowest BCUT2D eigenvalue weighted by atomic mass is 10.1. The van der Waals surface area contributed by atoms with Crippen molar-refractivity contribution in [2.75, 3.05) is 5.01 Å². The number of halogens is 1. The highest BCUT2D eigenvalue weighted by molar-refractivity contribution is 6.33. The number of hydrogen-bond donors (Lipinski definition) is 2. The Morgan fingerprint density at radius 2 is 1.92 bits per heavy atom. The summed E-state index contributed by atoms with van der Waals surface area (Å²) < 4.78 is 1.32. The lowest BCUT2D eigenvalue weighted by Crippen LogP contribution is -2.49. The first-order valence-corrected chi connectivity index (χ1v) is 7.42. The van der Waals surface area contributed by atoms with Crippen LogP contribution in [0, 0.1) is 0 Å². The summed E-state index contributed by atoms with van der Waals surface area (Å²) in [5, 5.41) is 6.76. The fourth-order valence-corrected chi connectivity index (χ4v) is 2.71. The van der Waals surface area contributed by atoms with Gasteiger partial charge in [0.05, 0.1) is 16.9 Å². The van der Waals surface area contributed by atoms with Gasteiger partial charge in [0.1, 0.15) is 5.69 Å². The average Bonchev–Trinajstić information content (AvgIpc) is 2.90. The number of nitrogens with zero attached hydrogens (tertiary/aromatic N) is 3. The van der Waals surface area contributed by atoms with Crippen LogP contribution in [0.3, 0.4) is 0 Å². The van der Waals surface area contributed by atoms with Crippen molar-refractivity contribution < 1.29 is 9.59 Å². The number of fused-ring (bicyclic) bond motifs is 1. The summed E-state index contributed by atoms with van der Waals surface area (Å²) in [4.78, 5) is 24.4. The zero-order valence-electron chi connectivity index (χ0n) is 12.7. The van der Waals surface area contributed by atoms with Crippen molar-refractivity contribution in [1.82, 2.24) is 15.2 Å². The third-order valence-electron chi connectivity index (χ3n) is 3.55. The van der Waals surface area contributed by atoms with Gasteiger partial charge in [0, 0.05) is 12.4 Å². The van der Waals surface area contributed by atoms with Crippen molar-refractivity contribution in [1.29, 1.82) is 0 Å². The first-order chi connectivity index (χ1) is 11.5. The van der Waals surface area contributed by atoms with Crippen LogP contribution in [0.15, 0.2) is 48.7 Å². The Labute approximate surface area is 142 Å². The number of benzene rings is 2. The molecule has 0 radical (unpaired) electrons. The number of hydrogen-bond acceptors (Lipinski definition) is 3. The number of primary amides is 1. The van der Waals surface area contributed by atoms with Crippen molar-refractivity contribution in [3.05, 3.63) is 59.4 Å². The van der Waals surface area contributed by atoms with Crippen molar-refractivity contribution in [2.24, 2.45) is 12.8 Å². The molecule has 3 N–H and O–H groups in total. The van der Waals surface area contributed by atoms with E-state index < -0.39 is 11.9 Å². The van der Waals surface area contributed by atoms with Crippen molar-refractivity contribution >= 4 is 40.0 Å². The number of anilines is 1. The summed E-state index contributed by atoms with van der Waals surface area (Å²) in [7, 11) is 1.58. The third-order valence-corrected chi connectivity index (χ3v) is 3.83. The SMILES string of the molecule is Cn1ncc(Cl)c1C(=O)NN(C(N)=O)c1cccc2ccccc12. The summed E-state index contributed by atoms with van der Waals surface area (Å²) in [6.45, 7) is 0. The molecule has 0 aliphatic rings. The van der Waals surface area contributed by atoms with Crippen molar-refractivity contribution in [3.8, 4) is 0 Å². The molecule has 0 fully saturated rings. The van der Waals surface area contributed by atoms with Gasteiger partial charge in [0.25, 0.3) is 5.91 Å². The Hall–Kier alpha value is -3.06. The van der Waals surface area contributed by atoms with Crippen LogP contribution in [-0.2, 0) is 7.05 Å². The molecule has 0 spiro atoms. The number of hydrazine groups is 1. The van der Waals surface area contributed by atoms with Crippen LogP contribution in [0.5, 0.6) is 0 Å². The molecule has 0 atom stereocenters. The average molecular weight is 344 g/mol. The number of aryl methyl sites for hydroxylation is 1. The maximum Gasteiger partial charge on any atom is 0.338 e. The minimum atomic E-state index is -0.821. The van der Waals surface area contributed by atoms with E-state index in [9.17, 15) is 9.59 Å². The monoisotopic (exact) mass is 343 g/mol. The lowest BCUT2D eigenvalue weighted by Gasteiger charge is -2.22. The molecule has 2 aromatic carbocycles. The Balaban J connectivity index is 2.02. The molecule has 3 rings (SSSR count). The number of rotatable bonds is 2. The fourth-order valence-electron chi connectivity index (χ4n) is 2.46. The van der Waals surface area contributed by atoms with Gasteiger partial charge in [-0.3, -0.25) is 14.9 Å². The van der Waals surface area contributed by atoms with Crippen molar-refractivity contribution in [3.63, 3.8) is 0 Å². The van der Waals surface area contributed by atoms with Gasteiger partial charge >= 0.3 is 6.03 Å². The van der Waals surface area contributed by atoms with Crippen molar-refractivity contribution in [2.45, 2.75) is 0 Å². The van der Waals surface area contributed by atoms with E-state index in [1.807, 2.05) is 30.3 Å². The number of urea groups is 1. The van der Waals surface area contributed by atoms with E-state index in [4.69, 9.17) is 17.3 Å². The molecule has 7 nitrogen and oxygen atoms in total. The van der Waals surface area contributed by atoms with E-state index in [0.29, 0.717) is 5.69 Å². The molecule has 1 heterocycles. The summed E-state index contributed by atoms with van der Waals surface area (Å²) >= 11 is 5.97. The standard InChI is InChI=1S/C16H14ClN5O2/c1-21-14(12(17)9-19-21)15(23)20-22(16(18)24)13-8-4-6-10-5-2-3-7-11(10)13/h2-9H,1H3,(H2,18,24)(H,20,23). The number of carbonyl (C=O) groups excluding carboxylic acids is 2. The molecule has 0 unspecified atom stereocenters. The zero-order valence-corrected chi connectivity index (χ0v) is 13.5. The lowest BCUT2D eigenvalue weighted by molar-refractivity contribution is 0.0941. The molecule has 8 heteroatoms. The summed E-state index contributed by atoms with van der Waals surface area (Å²) in [6.07, 6.45) is 1.35. The smallest absolute Gasteiger partial charge is 0.338 e. The van der Waals surface area contributed by atoms with Crippen LogP contribution in [0.4, 0.5) is 10.5 Å². The Bertz CT molecular complexity index is 912. The molecule has 122 valence electrons. The van der Waals surface area contributed by atoms with E-state index in [0.717, 1.165) is 15.8 Å². The number of amides is 3. The highest BCUT2D eigenvalue weighted by Gasteiger charge is 2.22. The molecule has 0 aliphatic heterocycles. The van der Waals surface area contributed by atoms with Gasteiger partial charge in [0.15, 0.2) is 0 Å². The number of aromatic nitrogens is 2. The van der Waals surface area contributed by atoms with Gasteiger partial charge in [-0.1, -0.05) is 48.0 Å². The van der Waals surface area contributed by atoms with Crippen LogP contribution in [0.1, 0.15) is 10.5 Å². The van der Waals surface area contributed by atoms with E-state index >= 15 is 0 Å². The Kier molecular flexibility index (Phi) is 4.09. The normalized spacial score (nSPS) is 10.6. The summed E-state index contributed by atoms with van der Waals surface area (Å²) in [6, 6.07) is 12.0. The minimum absolute atomic E-state index is 0.128. The number of carbonyl (C=O) groups is 2. The van der Waals surface area contributed by atoms with E-state index in [2.05, 4.69) is 10.5 Å². The van der Waals surface area contributed by atoms with Crippen LogP contribution in [0.2, 0.25) is 5.02 Å². The van der Waals surface area contributed by atoms with Crippen LogP contribution >= 0.6 is 11.6 Å². The first-order valence-electron chi connectivity index (χ1n) is 7.05.